The molecule has 0 aromatic rings. The van der Waals surface area contributed by atoms with Crippen LogP contribution in [0.5, 0.6) is 0 Å². The van der Waals surface area contributed by atoms with Gasteiger partial charge in [0.15, 0.2) is 0 Å². The largest absolute Gasteiger partial charge is 0.476 e. The Kier molecular flexibility index (Phi) is 5.24. The molecule has 0 radical (unpaired) electrons. The fourth-order valence-corrected chi connectivity index (χ4v) is 1.68. The molecule has 1 rings (SSSR count). The van der Waals surface area contributed by atoms with E-state index in [2.05, 4.69) is 0 Å². The Morgan fingerprint density at radius 3 is 2.43 bits per heavy atom. The zero-order valence-electron chi connectivity index (χ0n) is 9.03. The maximum Gasteiger partial charge on any atom is 0.476 e. The van der Waals surface area contributed by atoms with Gasteiger partial charge in [0.05, 0.1) is 17.5 Å². The molecule has 0 N–H and O–H groups in total. The summed E-state index contributed by atoms with van der Waals surface area (Å²) < 4.78 is 16.1. The van der Waals surface area contributed by atoms with Gasteiger partial charge in [-0.05, 0) is 26.7 Å². The lowest BCUT2D eigenvalue weighted by Crippen LogP contribution is -2.29. The van der Waals surface area contributed by atoms with E-state index >= 15 is 0 Å². The second kappa shape index (κ2) is 5.96. The van der Waals surface area contributed by atoms with Gasteiger partial charge >= 0.3 is 7.12 Å². The highest BCUT2D eigenvalue weighted by molar-refractivity contribution is 6.59. The number of hydrogen-bond acceptors (Lipinski definition) is 3. The van der Waals surface area contributed by atoms with Gasteiger partial charge < -0.3 is 14.0 Å². The summed E-state index contributed by atoms with van der Waals surface area (Å²) in [7, 11) is 1.44. The van der Waals surface area contributed by atoms with Crippen molar-refractivity contribution in [2.75, 3.05) is 13.7 Å². The van der Waals surface area contributed by atoms with Gasteiger partial charge in [0, 0.05) is 13.7 Å². The van der Waals surface area contributed by atoms with Crippen molar-refractivity contribution < 1.29 is 14.0 Å². The summed E-state index contributed by atoms with van der Waals surface area (Å²) in [6.45, 7) is 4.74. The number of halogens is 1. The van der Waals surface area contributed by atoms with Crippen LogP contribution in [0.2, 0.25) is 0 Å². The van der Waals surface area contributed by atoms with E-state index in [1.165, 1.54) is 0 Å². The molecule has 5 heteroatoms. The van der Waals surface area contributed by atoms with E-state index in [0.29, 0.717) is 0 Å². The number of methoxy groups -OCH3 is 1. The first-order chi connectivity index (χ1) is 6.65. The highest BCUT2D eigenvalue weighted by Crippen LogP contribution is 2.22. The van der Waals surface area contributed by atoms with Gasteiger partial charge in [0.2, 0.25) is 0 Å². The molecule has 82 valence electrons. The Bertz CT molecular complexity index is 160. The quantitative estimate of drug-likeness (QED) is 0.402. The molecule has 14 heavy (non-hydrogen) atoms. The molecular weight excluding hydrogens is 202 g/mol. The van der Waals surface area contributed by atoms with Crippen molar-refractivity contribution in [2.45, 2.75) is 44.2 Å². The van der Waals surface area contributed by atoms with Crippen molar-refractivity contribution in [3.63, 3.8) is 0 Å². The van der Waals surface area contributed by atoms with Gasteiger partial charge in [0.1, 0.15) is 0 Å². The van der Waals surface area contributed by atoms with Gasteiger partial charge in [0.25, 0.3) is 0 Å². The van der Waals surface area contributed by atoms with Crippen molar-refractivity contribution >= 4 is 18.7 Å². The molecule has 1 aliphatic rings. The SMILES string of the molecule is COCCCC(Cl)B1O[C@H](C)[C@@H](C)O1. The number of ether oxygens (including phenoxy) is 1. The first-order valence-corrected chi connectivity index (χ1v) is 5.52. The van der Waals surface area contributed by atoms with Crippen molar-refractivity contribution in [1.82, 2.24) is 0 Å². The third kappa shape index (κ3) is 3.42. The van der Waals surface area contributed by atoms with Crippen LogP contribution in [-0.2, 0) is 14.0 Å². The molecule has 3 nitrogen and oxygen atoms in total. The minimum atomic E-state index is -0.251. The van der Waals surface area contributed by atoms with E-state index in [1.807, 2.05) is 13.8 Å². The molecular formula is C9H18BClO3. The molecule has 0 bridgehead atoms. The molecule has 0 aromatic carbocycles. The summed E-state index contributed by atoms with van der Waals surface area (Å²) in [5.74, 6) is 0. The standard InChI is InChI=1S/C9H18BClO3/c1-7-8(2)14-10(13-7)9(11)5-4-6-12-3/h7-9H,4-6H2,1-3H3/t7-,8-,9?/m1/s1. The maximum atomic E-state index is 6.15. The number of rotatable bonds is 5. The van der Waals surface area contributed by atoms with E-state index in [4.69, 9.17) is 25.6 Å². The Morgan fingerprint density at radius 1 is 1.36 bits per heavy atom. The molecule has 0 aliphatic carbocycles. The van der Waals surface area contributed by atoms with Crippen LogP contribution >= 0.6 is 11.6 Å². The minimum Gasteiger partial charge on any atom is -0.405 e. The average Bonchev–Trinajstić information content (AvgIpc) is 2.47. The molecule has 1 fully saturated rings. The predicted octanol–water partition coefficient (Wildman–Crippen LogP) is 1.87. The van der Waals surface area contributed by atoms with Gasteiger partial charge in [-0.25, -0.2) is 0 Å². The lowest BCUT2D eigenvalue weighted by Gasteiger charge is -2.11. The topological polar surface area (TPSA) is 27.7 Å². The van der Waals surface area contributed by atoms with E-state index in [0.717, 1.165) is 19.4 Å². The van der Waals surface area contributed by atoms with Crippen LogP contribution < -0.4 is 0 Å². The van der Waals surface area contributed by atoms with Crippen LogP contribution in [0.25, 0.3) is 0 Å². The van der Waals surface area contributed by atoms with Crippen LogP contribution in [0.3, 0.4) is 0 Å². The lowest BCUT2D eigenvalue weighted by molar-refractivity contribution is 0.187. The second-order valence-corrected chi connectivity index (χ2v) is 4.26. The third-order valence-corrected chi connectivity index (χ3v) is 2.91. The van der Waals surface area contributed by atoms with Crippen LogP contribution in [-0.4, -0.2) is 38.3 Å². The van der Waals surface area contributed by atoms with Gasteiger partial charge in [-0.3, -0.25) is 0 Å². The van der Waals surface area contributed by atoms with E-state index < -0.39 is 0 Å². The summed E-state index contributed by atoms with van der Waals surface area (Å²) in [5.41, 5.74) is 0. The zero-order chi connectivity index (χ0) is 10.6. The van der Waals surface area contributed by atoms with Crippen molar-refractivity contribution in [2.24, 2.45) is 0 Å². The summed E-state index contributed by atoms with van der Waals surface area (Å²) in [5, 5.41) is -0.0717. The minimum absolute atomic E-state index is 0.0717. The maximum absolute atomic E-state index is 6.15. The fraction of sp³-hybridized carbons (Fsp3) is 1.00. The molecule has 0 amide bonds. The van der Waals surface area contributed by atoms with Gasteiger partial charge in [-0.1, -0.05) is 0 Å². The molecule has 0 spiro atoms. The predicted molar refractivity (Wildman–Crippen MR) is 57.6 cm³/mol. The van der Waals surface area contributed by atoms with Gasteiger partial charge in [-0.15, -0.1) is 11.6 Å². The molecule has 1 heterocycles. The van der Waals surface area contributed by atoms with Crippen molar-refractivity contribution in [3.05, 3.63) is 0 Å². The van der Waals surface area contributed by atoms with E-state index in [1.54, 1.807) is 7.11 Å². The monoisotopic (exact) mass is 220 g/mol. The highest BCUT2D eigenvalue weighted by Gasteiger charge is 2.39. The van der Waals surface area contributed by atoms with Crippen LogP contribution in [0.4, 0.5) is 0 Å². The fourth-order valence-electron chi connectivity index (χ4n) is 1.41. The third-order valence-electron chi connectivity index (χ3n) is 2.48. The highest BCUT2D eigenvalue weighted by atomic mass is 35.5. The van der Waals surface area contributed by atoms with Crippen LogP contribution in [0.1, 0.15) is 26.7 Å². The molecule has 1 saturated heterocycles. The van der Waals surface area contributed by atoms with Crippen molar-refractivity contribution in [3.8, 4) is 0 Å². The number of alkyl halides is 1. The lowest BCUT2D eigenvalue weighted by atomic mass is 9.82. The molecule has 1 aliphatic heterocycles. The second-order valence-electron chi connectivity index (χ2n) is 3.70. The summed E-state index contributed by atoms with van der Waals surface area (Å²) >= 11 is 6.15. The first kappa shape index (κ1) is 12.3. The van der Waals surface area contributed by atoms with E-state index in [-0.39, 0.29) is 24.6 Å². The smallest absolute Gasteiger partial charge is 0.405 e. The number of hydrogen-bond donors (Lipinski definition) is 0. The molecule has 0 saturated carbocycles. The molecule has 0 aromatic heterocycles. The zero-order valence-corrected chi connectivity index (χ0v) is 9.79. The van der Waals surface area contributed by atoms with Gasteiger partial charge in [-0.2, -0.15) is 0 Å². The molecule has 1 unspecified atom stereocenters. The Hall–Kier alpha value is 0.235. The van der Waals surface area contributed by atoms with Crippen LogP contribution in [0.15, 0.2) is 0 Å². The normalized spacial score (nSPS) is 29.6. The Balaban J connectivity index is 2.21. The summed E-state index contributed by atoms with van der Waals surface area (Å²) in [6.07, 6.45) is 2.09. The summed E-state index contributed by atoms with van der Waals surface area (Å²) in [6, 6.07) is 0. The van der Waals surface area contributed by atoms with E-state index in [9.17, 15) is 0 Å². The Morgan fingerprint density at radius 2 is 1.93 bits per heavy atom. The summed E-state index contributed by atoms with van der Waals surface area (Å²) in [4.78, 5) is 0. The van der Waals surface area contributed by atoms with Crippen LogP contribution in [0, 0.1) is 0 Å². The first-order valence-electron chi connectivity index (χ1n) is 5.09. The van der Waals surface area contributed by atoms with Crippen molar-refractivity contribution in [1.29, 1.82) is 0 Å². The molecule has 3 atom stereocenters. The Labute approximate surface area is 91.2 Å². The average molecular weight is 221 g/mol.